The van der Waals surface area contributed by atoms with Gasteiger partial charge in [0.2, 0.25) is 0 Å². The lowest BCUT2D eigenvalue weighted by Gasteiger charge is -2.22. The molecule has 0 unspecified atom stereocenters. The number of rotatable bonds is 4. The molecule has 0 saturated heterocycles. The van der Waals surface area contributed by atoms with Gasteiger partial charge in [0.25, 0.3) is 5.56 Å². The number of aromatic nitrogens is 2. The molecule has 168 valence electrons. The fourth-order valence-electron chi connectivity index (χ4n) is 4.46. The van der Waals surface area contributed by atoms with Crippen LogP contribution in [0.5, 0.6) is 0 Å². The van der Waals surface area contributed by atoms with Crippen LogP contribution in [0.4, 0.5) is 0 Å². The quantitative estimate of drug-likeness (QED) is 0.263. The predicted octanol–water partition coefficient (Wildman–Crippen LogP) is 7.31. The van der Waals surface area contributed by atoms with E-state index in [2.05, 4.69) is 21.0 Å². The van der Waals surface area contributed by atoms with Gasteiger partial charge in [-0.2, -0.15) is 9.78 Å². The minimum atomic E-state index is -0.171. The Bertz CT molecular complexity index is 1420. The normalized spacial score (nSPS) is 15.0. The van der Waals surface area contributed by atoms with Crippen LogP contribution < -0.4 is 5.56 Å². The molecule has 4 aromatic rings. The first-order chi connectivity index (χ1) is 16.0. The molecule has 2 aromatic carbocycles. The van der Waals surface area contributed by atoms with Gasteiger partial charge < -0.3 is 4.42 Å². The van der Waals surface area contributed by atoms with Crippen LogP contribution in [0.3, 0.4) is 0 Å². The van der Waals surface area contributed by atoms with E-state index in [-0.39, 0.29) is 11.5 Å². The first-order valence-corrected chi connectivity index (χ1v) is 12.3. The summed E-state index contributed by atoms with van der Waals surface area (Å²) < 4.78 is 8.30. The van der Waals surface area contributed by atoms with Crippen molar-refractivity contribution in [1.29, 1.82) is 0 Å². The summed E-state index contributed by atoms with van der Waals surface area (Å²) >= 11 is 9.72. The number of halogens is 2. The molecule has 1 aliphatic rings. The maximum Gasteiger partial charge on any atom is 0.282 e. The molecule has 2 heterocycles. The number of benzene rings is 2. The summed E-state index contributed by atoms with van der Waals surface area (Å²) in [4.78, 5) is 18.3. The van der Waals surface area contributed by atoms with Crippen LogP contribution in [-0.2, 0) is 0 Å². The second-order valence-electron chi connectivity index (χ2n) is 8.44. The lowest BCUT2D eigenvalue weighted by atomic mass is 9.88. The van der Waals surface area contributed by atoms with E-state index in [1.165, 1.54) is 11.1 Å². The zero-order valence-electron chi connectivity index (χ0n) is 18.2. The Hall–Kier alpha value is -2.70. The SMILES string of the molecule is Cc1c(Cl)cccc1-c1ccc(C=Nn2c(C3CCCCC3)nc3ccc(Br)cc3c2=O)o1. The summed E-state index contributed by atoms with van der Waals surface area (Å²) in [6, 6.07) is 15.1. The monoisotopic (exact) mass is 523 g/mol. The van der Waals surface area contributed by atoms with Crippen molar-refractivity contribution in [3.63, 3.8) is 0 Å². The minimum Gasteiger partial charge on any atom is -0.455 e. The van der Waals surface area contributed by atoms with Crippen LogP contribution >= 0.6 is 27.5 Å². The van der Waals surface area contributed by atoms with Gasteiger partial charge in [-0.05, 0) is 61.7 Å². The van der Waals surface area contributed by atoms with Crippen molar-refractivity contribution in [3.05, 3.63) is 85.5 Å². The van der Waals surface area contributed by atoms with E-state index in [0.29, 0.717) is 27.4 Å². The molecule has 1 fully saturated rings. The third-order valence-corrected chi connectivity index (χ3v) is 7.17. The second-order valence-corrected chi connectivity index (χ2v) is 9.77. The third kappa shape index (κ3) is 4.42. The molecule has 0 bridgehead atoms. The van der Waals surface area contributed by atoms with Crippen molar-refractivity contribution in [2.45, 2.75) is 44.9 Å². The summed E-state index contributed by atoms with van der Waals surface area (Å²) in [7, 11) is 0. The zero-order valence-corrected chi connectivity index (χ0v) is 20.6. The van der Waals surface area contributed by atoms with Gasteiger partial charge in [-0.15, -0.1) is 0 Å². The fraction of sp³-hybridized carbons (Fsp3) is 0.269. The van der Waals surface area contributed by atoms with Gasteiger partial charge in [0.05, 0.1) is 17.1 Å². The molecule has 33 heavy (non-hydrogen) atoms. The molecule has 7 heteroatoms. The summed E-state index contributed by atoms with van der Waals surface area (Å²) in [5.41, 5.74) is 2.42. The Morgan fingerprint density at radius 1 is 1.15 bits per heavy atom. The Labute approximate surface area is 205 Å². The highest BCUT2D eigenvalue weighted by Crippen LogP contribution is 2.32. The molecule has 0 amide bonds. The molecule has 0 spiro atoms. The fourth-order valence-corrected chi connectivity index (χ4v) is 4.99. The van der Waals surface area contributed by atoms with Crippen molar-refractivity contribution < 1.29 is 4.42 Å². The zero-order chi connectivity index (χ0) is 22.9. The smallest absolute Gasteiger partial charge is 0.282 e. The first kappa shape index (κ1) is 22.1. The van der Waals surface area contributed by atoms with Gasteiger partial charge in [-0.3, -0.25) is 4.79 Å². The van der Waals surface area contributed by atoms with E-state index in [1.54, 1.807) is 12.3 Å². The summed E-state index contributed by atoms with van der Waals surface area (Å²) in [6.45, 7) is 1.96. The highest BCUT2D eigenvalue weighted by molar-refractivity contribution is 9.10. The molecule has 5 nitrogen and oxygen atoms in total. The number of furan rings is 1. The highest BCUT2D eigenvalue weighted by Gasteiger charge is 2.22. The van der Waals surface area contributed by atoms with E-state index in [9.17, 15) is 4.79 Å². The summed E-state index contributed by atoms with van der Waals surface area (Å²) in [6.07, 6.45) is 7.13. The Kier molecular flexibility index (Phi) is 6.21. The van der Waals surface area contributed by atoms with Crippen molar-refractivity contribution in [2.24, 2.45) is 5.10 Å². The van der Waals surface area contributed by atoms with Gasteiger partial charge in [0, 0.05) is 21.0 Å². The molecular weight excluding hydrogens is 502 g/mol. The average Bonchev–Trinajstić information content (AvgIpc) is 3.30. The van der Waals surface area contributed by atoms with Gasteiger partial charge in [-0.1, -0.05) is 58.9 Å². The largest absolute Gasteiger partial charge is 0.455 e. The molecule has 1 aliphatic carbocycles. The average molecular weight is 525 g/mol. The molecule has 0 aliphatic heterocycles. The maximum absolute atomic E-state index is 13.4. The van der Waals surface area contributed by atoms with Crippen LogP contribution in [0.1, 0.15) is 55.2 Å². The lowest BCUT2D eigenvalue weighted by molar-refractivity contribution is 0.416. The van der Waals surface area contributed by atoms with Crippen LogP contribution in [0, 0.1) is 6.92 Å². The van der Waals surface area contributed by atoms with Gasteiger partial charge in [0.15, 0.2) is 0 Å². The molecule has 0 radical (unpaired) electrons. The van der Waals surface area contributed by atoms with Crippen molar-refractivity contribution in [2.75, 3.05) is 0 Å². The Balaban J connectivity index is 1.56. The topological polar surface area (TPSA) is 60.4 Å². The van der Waals surface area contributed by atoms with E-state index in [4.69, 9.17) is 21.0 Å². The standard InChI is InChI=1S/C26H23BrClN3O2/c1-16-20(8-5-9-22(16)28)24-13-11-19(33-24)15-29-31-25(17-6-3-2-4-7-17)30-23-12-10-18(27)14-21(23)26(31)32/h5,8-15,17H,2-4,6-7H2,1H3. The van der Waals surface area contributed by atoms with E-state index in [0.717, 1.165) is 47.1 Å². The highest BCUT2D eigenvalue weighted by atomic mass is 79.9. The molecular formula is C26H23BrClN3O2. The Morgan fingerprint density at radius 3 is 2.79 bits per heavy atom. The van der Waals surface area contributed by atoms with Gasteiger partial charge in [0.1, 0.15) is 17.3 Å². The molecule has 5 rings (SSSR count). The van der Waals surface area contributed by atoms with Crippen LogP contribution in [0.15, 0.2) is 67.3 Å². The third-order valence-electron chi connectivity index (χ3n) is 6.26. The van der Waals surface area contributed by atoms with Crippen molar-refractivity contribution >= 4 is 44.6 Å². The number of hydrogen-bond donors (Lipinski definition) is 0. The molecule has 1 saturated carbocycles. The number of fused-ring (bicyclic) bond motifs is 1. The van der Waals surface area contributed by atoms with E-state index in [1.807, 2.05) is 49.4 Å². The van der Waals surface area contributed by atoms with Crippen LogP contribution in [-0.4, -0.2) is 15.9 Å². The molecule has 0 N–H and O–H groups in total. The minimum absolute atomic E-state index is 0.171. The van der Waals surface area contributed by atoms with Gasteiger partial charge in [-0.25, -0.2) is 4.98 Å². The van der Waals surface area contributed by atoms with E-state index >= 15 is 0 Å². The lowest BCUT2D eigenvalue weighted by Crippen LogP contribution is -2.25. The van der Waals surface area contributed by atoms with Crippen LogP contribution in [0.2, 0.25) is 5.02 Å². The second kappa shape index (κ2) is 9.27. The van der Waals surface area contributed by atoms with Crippen LogP contribution in [0.25, 0.3) is 22.2 Å². The predicted molar refractivity (Wildman–Crippen MR) is 136 cm³/mol. The maximum atomic E-state index is 13.4. The number of hydrogen-bond acceptors (Lipinski definition) is 4. The van der Waals surface area contributed by atoms with Crippen molar-refractivity contribution in [1.82, 2.24) is 9.66 Å². The number of nitrogens with zero attached hydrogens (tertiary/aromatic N) is 3. The summed E-state index contributed by atoms with van der Waals surface area (Å²) in [5.74, 6) is 2.21. The Morgan fingerprint density at radius 2 is 1.97 bits per heavy atom. The van der Waals surface area contributed by atoms with E-state index < -0.39 is 0 Å². The molecule has 0 atom stereocenters. The summed E-state index contributed by atoms with van der Waals surface area (Å²) in [5, 5.41) is 5.79. The molecule has 2 aromatic heterocycles. The van der Waals surface area contributed by atoms with Gasteiger partial charge >= 0.3 is 0 Å². The first-order valence-electron chi connectivity index (χ1n) is 11.1. The van der Waals surface area contributed by atoms with Crippen molar-refractivity contribution in [3.8, 4) is 11.3 Å².